The van der Waals surface area contributed by atoms with E-state index in [0.29, 0.717) is 11.3 Å². The first-order chi connectivity index (χ1) is 12.4. The van der Waals surface area contributed by atoms with Crippen LogP contribution in [0.25, 0.3) is 0 Å². The number of carbonyl (C=O) groups excluding carboxylic acids is 1. The van der Waals surface area contributed by atoms with E-state index in [2.05, 4.69) is 0 Å². The predicted molar refractivity (Wildman–Crippen MR) is 88.4 cm³/mol. The quantitative estimate of drug-likeness (QED) is 0.735. The summed E-state index contributed by atoms with van der Waals surface area (Å²) in [4.78, 5) is 13.0. The molecule has 2 unspecified atom stereocenters. The van der Waals surface area contributed by atoms with Crippen LogP contribution < -0.4 is 4.74 Å². The van der Waals surface area contributed by atoms with Gasteiger partial charge in [-0.3, -0.25) is 4.79 Å². The molecule has 0 spiro atoms. The monoisotopic (exact) mass is 365 g/mol. The molecule has 2 atom stereocenters. The molecule has 0 bridgehead atoms. The van der Waals surface area contributed by atoms with Gasteiger partial charge in [0.25, 0.3) is 5.91 Å². The lowest BCUT2D eigenvalue weighted by molar-refractivity contribution is -0.252. The molecule has 0 aliphatic carbocycles. The topological polar surface area (TPSA) is 38.8 Å². The van der Waals surface area contributed by atoms with Crippen molar-refractivity contribution in [2.75, 3.05) is 7.11 Å². The molecule has 0 saturated carbocycles. The number of carbonyl (C=O) groups is 1. The molecule has 2 aromatic rings. The second-order valence-electron chi connectivity index (χ2n) is 6.02. The zero-order valence-electron chi connectivity index (χ0n) is 14.1. The van der Waals surface area contributed by atoms with Crippen LogP contribution in [0.1, 0.15) is 11.1 Å². The number of likely N-dealkylation sites (tertiary alicyclic amines) is 1. The van der Waals surface area contributed by atoms with Gasteiger partial charge in [-0.1, -0.05) is 42.5 Å². The highest BCUT2D eigenvalue weighted by Gasteiger charge is 2.61. The first-order valence-electron chi connectivity index (χ1n) is 8.06. The van der Waals surface area contributed by atoms with Crippen LogP contribution in [0.2, 0.25) is 0 Å². The van der Waals surface area contributed by atoms with Gasteiger partial charge in [-0.25, -0.2) is 0 Å². The van der Waals surface area contributed by atoms with Crippen LogP contribution in [0, 0.1) is 0 Å². The van der Waals surface area contributed by atoms with E-state index in [9.17, 15) is 18.0 Å². The second kappa shape index (κ2) is 7.37. The van der Waals surface area contributed by atoms with Gasteiger partial charge in [0, 0.05) is 6.54 Å². The van der Waals surface area contributed by atoms with E-state index in [1.165, 1.54) is 7.11 Å². The van der Waals surface area contributed by atoms with Gasteiger partial charge in [0.05, 0.1) is 13.7 Å². The van der Waals surface area contributed by atoms with E-state index in [4.69, 9.17) is 9.47 Å². The first kappa shape index (κ1) is 18.3. The van der Waals surface area contributed by atoms with Crippen molar-refractivity contribution in [3.63, 3.8) is 0 Å². The molecular formula is C19H18F3NO3. The molecule has 1 saturated heterocycles. The van der Waals surface area contributed by atoms with E-state index >= 15 is 0 Å². The summed E-state index contributed by atoms with van der Waals surface area (Å²) in [5, 5.41) is 0. The van der Waals surface area contributed by atoms with Gasteiger partial charge in [-0.15, -0.1) is 0 Å². The first-order valence-corrected chi connectivity index (χ1v) is 8.06. The van der Waals surface area contributed by atoms with Crippen molar-refractivity contribution in [3.8, 4) is 5.75 Å². The van der Waals surface area contributed by atoms with Crippen LogP contribution in [-0.2, 0) is 22.7 Å². The summed E-state index contributed by atoms with van der Waals surface area (Å²) >= 11 is 0. The minimum atomic E-state index is -4.55. The summed E-state index contributed by atoms with van der Waals surface area (Å²) < 4.78 is 50.6. The van der Waals surface area contributed by atoms with Gasteiger partial charge < -0.3 is 14.4 Å². The van der Waals surface area contributed by atoms with Crippen LogP contribution >= 0.6 is 0 Å². The van der Waals surface area contributed by atoms with Crippen molar-refractivity contribution < 1.29 is 27.4 Å². The highest BCUT2D eigenvalue weighted by molar-refractivity contribution is 5.88. The van der Waals surface area contributed by atoms with Gasteiger partial charge in [0.2, 0.25) is 0 Å². The zero-order valence-corrected chi connectivity index (χ0v) is 14.1. The summed E-state index contributed by atoms with van der Waals surface area (Å²) in [6.45, 7) is -0.168. The fourth-order valence-electron chi connectivity index (χ4n) is 2.89. The molecule has 1 heterocycles. The number of nitrogens with zero attached hydrogens (tertiary/aromatic N) is 1. The molecule has 1 fully saturated rings. The standard InChI is InChI=1S/C19H18F3NO3/c1-25-15-9-7-13(8-10-15)11-23-17(19(20,21)22)16(18(23)24)26-12-14-5-3-2-4-6-14/h2-10,16-17H,11-12H2,1H3. The number of halogens is 3. The minimum absolute atomic E-state index is 0.0415. The molecule has 1 aliphatic heterocycles. The molecule has 1 aliphatic rings. The Morgan fingerprint density at radius 1 is 1.00 bits per heavy atom. The molecule has 26 heavy (non-hydrogen) atoms. The third kappa shape index (κ3) is 3.83. The maximum Gasteiger partial charge on any atom is 0.411 e. The number of ether oxygens (including phenoxy) is 2. The molecule has 138 valence electrons. The maximum absolute atomic E-state index is 13.4. The number of hydrogen-bond donors (Lipinski definition) is 0. The Balaban J connectivity index is 1.69. The van der Waals surface area contributed by atoms with Gasteiger partial charge >= 0.3 is 6.18 Å². The summed E-state index contributed by atoms with van der Waals surface area (Å²) in [5.74, 6) is -0.0563. The van der Waals surface area contributed by atoms with Crippen LogP contribution in [0.5, 0.6) is 5.75 Å². The molecule has 3 rings (SSSR count). The second-order valence-corrected chi connectivity index (χ2v) is 6.02. The number of methoxy groups -OCH3 is 1. The summed E-state index contributed by atoms with van der Waals surface area (Å²) in [7, 11) is 1.50. The predicted octanol–water partition coefficient (Wildman–Crippen LogP) is 3.55. The van der Waals surface area contributed by atoms with E-state index in [1.54, 1.807) is 54.6 Å². The number of hydrogen-bond acceptors (Lipinski definition) is 3. The van der Waals surface area contributed by atoms with Gasteiger partial charge in [0.1, 0.15) is 5.75 Å². The van der Waals surface area contributed by atoms with Crippen molar-refractivity contribution in [2.45, 2.75) is 31.5 Å². The Morgan fingerprint density at radius 3 is 2.23 bits per heavy atom. The van der Waals surface area contributed by atoms with E-state index < -0.39 is 24.2 Å². The van der Waals surface area contributed by atoms with Crippen LogP contribution in [0.3, 0.4) is 0 Å². The average molecular weight is 365 g/mol. The average Bonchev–Trinajstić information content (AvgIpc) is 2.63. The Labute approximate surface area is 149 Å². The van der Waals surface area contributed by atoms with Crippen molar-refractivity contribution >= 4 is 5.91 Å². The van der Waals surface area contributed by atoms with Crippen LogP contribution in [0.4, 0.5) is 13.2 Å². The van der Waals surface area contributed by atoms with Crippen LogP contribution in [-0.4, -0.2) is 36.2 Å². The summed E-state index contributed by atoms with van der Waals surface area (Å²) in [6, 6.07) is 13.4. The van der Waals surface area contributed by atoms with E-state index in [1.807, 2.05) is 0 Å². The lowest BCUT2D eigenvalue weighted by atomic mass is 9.96. The number of benzene rings is 2. The zero-order chi connectivity index (χ0) is 18.7. The molecule has 0 N–H and O–H groups in total. The number of amides is 1. The maximum atomic E-state index is 13.4. The Morgan fingerprint density at radius 2 is 1.65 bits per heavy atom. The molecule has 4 nitrogen and oxygen atoms in total. The van der Waals surface area contributed by atoms with Gasteiger partial charge in [-0.05, 0) is 23.3 Å². The molecular weight excluding hydrogens is 347 g/mol. The number of rotatable bonds is 6. The number of alkyl halides is 3. The Hall–Kier alpha value is -2.54. The molecule has 0 aromatic heterocycles. The van der Waals surface area contributed by atoms with Crippen molar-refractivity contribution in [2.24, 2.45) is 0 Å². The number of β-lactam (4-membered cyclic amide) rings is 1. The summed E-state index contributed by atoms with van der Waals surface area (Å²) in [6.07, 6.45) is -6.06. The summed E-state index contributed by atoms with van der Waals surface area (Å²) in [5.41, 5.74) is 1.31. The lowest BCUT2D eigenvalue weighted by Crippen LogP contribution is -2.70. The SMILES string of the molecule is COc1ccc(CN2C(=O)C(OCc3ccccc3)C2C(F)(F)F)cc1. The normalized spacial score (nSPS) is 20.0. The molecule has 7 heteroatoms. The Kier molecular flexibility index (Phi) is 5.18. The van der Waals surface area contributed by atoms with Crippen molar-refractivity contribution in [1.82, 2.24) is 4.90 Å². The highest BCUT2D eigenvalue weighted by atomic mass is 19.4. The fraction of sp³-hybridized carbons (Fsp3) is 0.316. The highest BCUT2D eigenvalue weighted by Crippen LogP contribution is 2.38. The van der Waals surface area contributed by atoms with Crippen LogP contribution in [0.15, 0.2) is 54.6 Å². The third-order valence-corrected chi connectivity index (χ3v) is 4.27. The lowest BCUT2D eigenvalue weighted by Gasteiger charge is -2.47. The molecule has 0 radical (unpaired) electrons. The van der Waals surface area contributed by atoms with Crippen molar-refractivity contribution in [3.05, 3.63) is 65.7 Å². The third-order valence-electron chi connectivity index (χ3n) is 4.27. The molecule has 1 amide bonds. The largest absolute Gasteiger partial charge is 0.497 e. The van der Waals surface area contributed by atoms with Crippen molar-refractivity contribution in [1.29, 1.82) is 0 Å². The van der Waals surface area contributed by atoms with E-state index in [-0.39, 0.29) is 13.2 Å². The van der Waals surface area contributed by atoms with Gasteiger partial charge in [0.15, 0.2) is 12.1 Å². The van der Waals surface area contributed by atoms with E-state index in [0.717, 1.165) is 10.5 Å². The smallest absolute Gasteiger partial charge is 0.411 e. The fourth-order valence-corrected chi connectivity index (χ4v) is 2.89. The molecule has 2 aromatic carbocycles. The minimum Gasteiger partial charge on any atom is -0.497 e. The van der Waals surface area contributed by atoms with Gasteiger partial charge in [-0.2, -0.15) is 13.2 Å². The Bertz CT molecular complexity index is 747.